The van der Waals surface area contributed by atoms with E-state index in [9.17, 15) is 14.0 Å². The monoisotopic (exact) mass is 515 g/mol. The van der Waals surface area contributed by atoms with Crippen molar-refractivity contribution in [3.05, 3.63) is 84.2 Å². The summed E-state index contributed by atoms with van der Waals surface area (Å²) in [7, 11) is 0. The van der Waals surface area contributed by atoms with Crippen LogP contribution < -0.4 is 15.0 Å². The van der Waals surface area contributed by atoms with E-state index in [1.807, 2.05) is 43.3 Å². The summed E-state index contributed by atoms with van der Waals surface area (Å²) in [5.41, 5.74) is 2.29. The third-order valence-corrected chi connectivity index (χ3v) is 6.80. The summed E-state index contributed by atoms with van der Waals surface area (Å²) in [4.78, 5) is 29.5. The highest BCUT2D eigenvalue weighted by Gasteiger charge is 2.36. The number of fused-ring (bicyclic) bond motifs is 1. The zero-order valence-corrected chi connectivity index (χ0v) is 21.2. The number of hydrogen-bond acceptors (Lipinski definition) is 5. The minimum Gasteiger partial charge on any atom is -0.493 e. The Kier molecular flexibility index (Phi) is 7.62. The first-order valence-electron chi connectivity index (χ1n) is 12.9. The molecule has 9 heteroatoms. The number of carbonyl (C=O) groups is 2. The van der Waals surface area contributed by atoms with Crippen molar-refractivity contribution in [2.45, 2.75) is 51.2 Å². The molecular weight excluding hydrogens is 485 g/mol. The van der Waals surface area contributed by atoms with Crippen LogP contribution in [0.25, 0.3) is 11.0 Å². The fraction of sp³-hybridized carbons (Fsp3) is 0.310. The number of halogens is 1. The van der Waals surface area contributed by atoms with E-state index in [1.54, 1.807) is 12.1 Å². The number of para-hydroxylation sites is 2. The molecule has 0 saturated heterocycles. The third kappa shape index (κ3) is 5.37. The minimum absolute atomic E-state index is 0.0358. The molecule has 38 heavy (non-hydrogen) atoms. The Bertz CT molecular complexity index is 1420. The highest BCUT2D eigenvalue weighted by molar-refractivity contribution is 6.02. The number of nitrogens with one attached hydrogen (secondary N) is 1. The van der Waals surface area contributed by atoms with Gasteiger partial charge in [0.05, 0.1) is 12.1 Å². The van der Waals surface area contributed by atoms with Gasteiger partial charge in [-0.1, -0.05) is 48.4 Å². The molecule has 1 atom stereocenters. The van der Waals surface area contributed by atoms with E-state index in [0.717, 1.165) is 25.7 Å². The fourth-order valence-corrected chi connectivity index (χ4v) is 5.02. The SMILES string of the molecule is CCOc1ccccc1[C@H](C(=O)NC1CCCC1)N(C(=O)Cn1nnc2ccccc21)c1ccc(F)cc1. The maximum Gasteiger partial charge on any atom is 0.249 e. The van der Waals surface area contributed by atoms with Crippen molar-refractivity contribution in [1.82, 2.24) is 20.3 Å². The van der Waals surface area contributed by atoms with Crippen molar-refractivity contribution >= 4 is 28.5 Å². The predicted molar refractivity (Wildman–Crippen MR) is 142 cm³/mol. The first-order valence-corrected chi connectivity index (χ1v) is 12.9. The van der Waals surface area contributed by atoms with Gasteiger partial charge in [0.25, 0.3) is 0 Å². The molecule has 196 valence electrons. The average molecular weight is 516 g/mol. The zero-order chi connectivity index (χ0) is 26.5. The Labute approximate surface area is 220 Å². The summed E-state index contributed by atoms with van der Waals surface area (Å²) in [5, 5.41) is 11.5. The normalized spacial score (nSPS) is 14.4. The molecule has 1 aliphatic carbocycles. The largest absolute Gasteiger partial charge is 0.493 e. The van der Waals surface area contributed by atoms with Crippen LogP contribution in [0, 0.1) is 5.82 Å². The highest BCUT2D eigenvalue weighted by Crippen LogP contribution is 2.35. The van der Waals surface area contributed by atoms with Gasteiger partial charge < -0.3 is 10.1 Å². The predicted octanol–water partition coefficient (Wildman–Crippen LogP) is 4.80. The number of nitrogens with zero attached hydrogens (tertiary/aromatic N) is 4. The lowest BCUT2D eigenvalue weighted by Gasteiger charge is -2.33. The lowest BCUT2D eigenvalue weighted by atomic mass is 10.0. The van der Waals surface area contributed by atoms with Gasteiger partial charge in [0.2, 0.25) is 11.8 Å². The molecule has 1 saturated carbocycles. The van der Waals surface area contributed by atoms with Crippen LogP contribution in [-0.4, -0.2) is 39.5 Å². The average Bonchev–Trinajstić information content (AvgIpc) is 3.59. The van der Waals surface area contributed by atoms with Crippen LogP contribution >= 0.6 is 0 Å². The fourth-order valence-electron chi connectivity index (χ4n) is 5.02. The summed E-state index contributed by atoms with van der Waals surface area (Å²) >= 11 is 0. The number of rotatable bonds is 9. The molecular formula is C29H30FN5O3. The molecule has 4 aromatic rings. The molecule has 5 rings (SSSR count). The highest BCUT2D eigenvalue weighted by atomic mass is 19.1. The van der Waals surface area contributed by atoms with E-state index in [4.69, 9.17) is 4.74 Å². The molecule has 3 aromatic carbocycles. The molecule has 8 nitrogen and oxygen atoms in total. The van der Waals surface area contributed by atoms with Crippen molar-refractivity contribution < 1.29 is 18.7 Å². The molecule has 0 radical (unpaired) electrons. The van der Waals surface area contributed by atoms with Gasteiger partial charge in [0, 0.05) is 17.3 Å². The van der Waals surface area contributed by atoms with Gasteiger partial charge in [-0.2, -0.15) is 0 Å². The molecule has 0 bridgehead atoms. The number of benzene rings is 3. The Morgan fingerprint density at radius 1 is 1.05 bits per heavy atom. The lowest BCUT2D eigenvalue weighted by molar-refractivity contribution is -0.127. The molecule has 2 amide bonds. The van der Waals surface area contributed by atoms with E-state index in [-0.39, 0.29) is 18.5 Å². The van der Waals surface area contributed by atoms with E-state index < -0.39 is 17.8 Å². The van der Waals surface area contributed by atoms with Crippen molar-refractivity contribution in [1.29, 1.82) is 0 Å². The molecule has 0 aliphatic heterocycles. The van der Waals surface area contributed by atoms with E-state index in [0.29, 0.717) is 34.6 Å². The molecule has 1 heterocycles. The van der Waals surface area contributed by atoms with Crippen molar-refractivity contribution in [3.8, 4) is 5.75 Å². The third-order valence-electron chi connectivity index (χ3n) is 6.80. The maximum atomic E-state index is 14.1. The second-order valence-corrected chi connectivity index (χ2v) is 9.34. The molecule has 1 aromatic heterocycles. The number of amides is 2. The van der Waals surface area contributed by atoms with Gasteiger partial charge in [0.15, 0.2) is 0 Å². The molecule has 1 N–H and O–H groups in total. The number of aromatic nitrogens is 3. The van der Waals surface area contributed by atoms with Gasteiger partial charge in [0.1, 0.15) is 29.7 Å². The Balaban J connectivity index is 1.60. The summed E-state index contributed by atoms with van der Waals surface area (Å²) < 4.78 is 21.3. The Morgan fingerprint density at radius 3 is 2.53 bits per heavy atom. The summed E-state index contributed by atoms with van der Waals surface area (Å²) in [5.74, 6) is -0.645. The van der Waals surface area contributed by atoms with Gasteiger partial charge >= 0.3 is 0 Å². The quantitative estimate of drug-likeness (QED) is 0.346. The number of ether oxygens (including phenoxy) is 1. The van der Waals surface area contributed by atoms with E-state index in [2.05, 4.69) is 15.6 Å². The first kappa shape index (κ1) is 25.4. The minimum atomic E-state index is -1.05. The van der Waals surface area contributed by atoms with Crippen molar-refractivity contribution in [3.63, 3.8) is 0 Å². The second-order valence-electron chi connectivity index (χ2n) is 9.34. The van der Waals surface area contributed by atoms with Crippen LogP contribution in [-0.2, 0) is 16.1 Å². The molecule has 1 aliphatic rings. The van der Waals surface area contributed by atoms with Crippen LogP contribution in [0.2, 0.25) is 0 Å². The second kappa shape index (κ2) is 11.4. The molecule has 0 spiro atoms. The van der Waals surface area contributed by atoms with E-state index in [1.165, 1.54) is 33.8 Å². The molecule has 0 unspecified atom stereocenters. The number of carbonyl (C=O) groups excluding carboxylic acids is 2. The topological polar surface area (TPSA) is 89.4 Å². The van der Waals surface area contributed by atoms with E-state index >= 15 is 0 Å². The summed E-state index contributed by atoms with van der Waals surface area (Å²) in [6.45, 7) is 2.09. The summed E-state index contributed by atoms with van der Waals surface area (Å²) in [6.07, 6.45) is 3.87. The zero-order valence-electron chi connectivity index (χ0n) is 21.2. The van der Waals surface area contributed by atoms with Crippen LogP contribution in [0.1, 0.15) is 44.2 Å². The van der Waals surface area contributed by atoms with Gasteiger partial charge in [-0.05, 0) is 62.2 Å². The Hall–Kier alpha value is -4.27. The number of anilines is 1. The van der Waals surface area contributed by atoms with Crippen molar-refractivity contribution in [2.24, 2.45) is 0 Å². The Morgan fingerprint density at radius 2 is 1.76 bits per heavy atom. The van der Waals surface area contributed by atoms with Crippen LogP contribution in [0.5, 0.6) is 5.75 Å². The van der Waals surface area contributed by atoms with Gasteiger partial charge in [-0.15, -0.1) is 5.10 Å². The van der Waals surface area contributed by atoms with Crippen molar-refractivity contribution in [2.75, 3.05) is 11.5 Å². The van der Waals surface area contributed by atoms with Crippen LogP contribution in [0.15, 0.2) is 72.8 Å². The smallest absolute Gasteiger partial charge is 0.249 e. The van der Waals surface area contributed by atoms with Gasteiger partial charge in [-0.25, -0.2) is 9.07 Å². The number of hydrogen-bond donors (Lipinski definition) is 1. The van der Waals surface area contributed by atoms with Crippen LogP contribution in [0.3, 0.4) is 0 Å². The van der Waals surface area contributed by atoms with Crippen LogP contribution in [0.4, 0.5) is 10.1 Å². The maximum absolute atomic E-state index is 14.1. The van der Waals surface area contributed by atoms with Gasteiger partial charge in [-0.3, -0.25) is 14.5 Å². The molecule has 1 fully saturated rings. The standard InChI is InChI=1S/C29H30FN5O3/c1-2-38-26-14-8-5-11-23(26)28(29(37)31-21-9-3-4-10-21)35(22-17-15-20(30)16-18-22)27(36)19-34-25-13-7-6-12-24(25)32-33-34/h5-8,11-18,21,28H,2-4,9-10,19H2,1H3,(H,31,37)/t28-/m1/s1. The lowest BCUT2D eigenvalue weighted by Crippen LogP contribution is -2.47. The summed E-state index contributed by atoms with van der Waals surface area (Å²) in [6, 6.07) is 19.1. The first-order chi connectivity index (χ1) is 18.5.